The zero-order chi connectivity index (χ0) is 7.70. The lowest BCUT2D eigenvalue weighted by Crippen LogP contribution is -1.75. The van der Waals surface area contributed by atoms with Crippen molar-refractivity contribution in [1.82, 2.24) is 0 Å². The summed E-state index contributed by atoms with van der Waals surface area (Å²) in [5.41, 5.74) is 0. The topological polar surface area (TPSA) is 77.8 Å². The van der Waals surface area contributed by atoms with Crippen molar-refractivity contribution < 1.29 is 18.4 Å². The van der Waals surface area contributed by atoms with E-state index in [1.165, 1.54) is 0 Å². The van der Waals surface area contributed by atoms with Gasteiger partial charge in [-0.15, -0.1) is 0 Å². The van der Waals surface area contributed by atoms with Gasteiger partial charge in [0.2, 0.25) is 0 Å². The summed E-state index contributed by atoms with van der Waals surface area (Å²) in [5.74, 6) is 0. The largest absolute Gasteiger partial charge is 0.396 e. The van der Waals surface area contributed by atoms with Crippen molar-refractivity contribution in [1.29, 1.82) is 0 Å². The first kappa shape index (κ1) is 11.8. The van der Waals surface area contributed by atoms with Gasteiger partial charge in [0.05, 0.1) is 0 Å². The molecule has 0 heterocycles. The van der Waals surface area contributed by atoms with Crippen molar-refractivity contribution in [3.05, 3.63) is 0 Å². The Balaban J connectivity index is 0. The molecule has 5 heteroatoms. The van der Waals surface area contributed by atoms with Gasteiger partial charge in [0, 0.05) is 6.61 Å². The van der Waals surface area contributed by atoms with Crippen LogP contribution in [0.4, 0.5) is 0 Å². The van der Waals surface area contributed by atoms with Crippen LogP contribution in [0, 0.1) is 0 Å². The lowest BCUT2D eigenvalue weighted by atomic mass is 10.4. The highest BCUT2D eigenvalue weighted by molar-refractivity contribution is 7.73. The van der Waals surface area contributed by atoms with E-state index in [1.807, 2.05) is 0 Å². The van der Waals surface area contributed by atoms with Gasteiger partial charge in [-0.1, -0.05) is 13.3 Å². The van der Waals surface area contributed by atoms with E-state index in [1.54, 1.807) is 0 Å². The van der Waals surface area contributed by atoms with E-state index in [0.29, 0.717) is 6.61 Å². The third-order valence-electron chi connectivity index (χ3n) is 0.512. The van der Waals surface area contributed by atoms with Crippen LogP contribution in [0.1, 0.15) is 19.8 Å². The number of aliphatic hydroxyl groups excluding tert-OH is 1. The van der Waals surface area contributed by atoms with Crippen molar-refractivity contribution in [3.63, 3.8) is 0 Å². The smallest absolute Gasteiger partial charge is 0.299 e. The van der Waals surface area contributed by atoms with E-state index < -0.39 is 11.4 Å². The van der Waals surface area contributed by atoms with Crippen LogP contribution < -0.4 is 0 Å². The Morgan fingerprint density at radius 2 is 1.78 bits per heavy atom. The molecule has 0 aliphatic rings. The molecular weight excluding hydrogens is 144 g/mol. The number of hydrogen-bond donors (Lipinski definition) is 3. The monoisotopic (exact) mass is 156 g/mol. The van der Waals surface area contributed by atoms with Gasteiger partial charge in [-0.3, -0.25) is 9.11 Å². The molecule has 0 saturated carbocycles. The van der Waals surface area contributed by atoms with Crippen LogP contribution in [0.25, 0.3) is 0 Å². The summed E-state index contributed by atoms with van der Waals surface area (Å²) in [7, 11) is 0. The summed E-state index contributed by atoms with van der Waals surface area (Å²) in [6.07, 6.45) is 2.04. The summed E-state index contributed by atoms with van der Waals surface area (Å²) >= 11 is -2.61. The molecule has 0 fully saturated rings. The maximum atomic E-state index is 8.67. The minimum atomic E-state index is -2.61. The summed E-state index contributed by atoms with van der Waals surface area (Å²) in [6.45, 7) is 2.40. The number of aliphatic hydroxyl groups is 1. The van der Waals surface area contributed by atoms with Gasteiger partial charge in [-0.05, 0) is 6.42 Å². The minimum Gasteiger partial charge on any atom is -0.396 e. The maximum absolute atomic E-state index is 8.67. The van der Waals surface area contributed by atoms with Crippen molar-refractivity contribution in [2.45, 2.75) is 19.8 Å². The van der Waals surface area contributed by atoms with E-state index in [2.05, 4.69) is 6.92 Å². The Hall–Kier alpha value is 0.0300. The Morgan fingerprint density at radius 1 is 1.44 bits per heavy atom. The Morgan fingerprint density at radius 3 is 1.78 bits per heavy atom. The summed E-state index contributed by atoms with van der Waals surface area (Å²) in [4.78, 5) is 0. The molecule has 3 N–H and O–H groups in total. The molecule has 9 heavy (non-hydrogen) atoms. The minimum absolute atomic E-state index is 0.344. The molecule has 0 aromatic carbocycles. The molecule has 0 unspecified atom stereocenters. The first-order valence-electron chi connectivity index (χ1n) is 2.56. The molecule has 0 rings (SSSR count). The van der Waals surface area contributed by atoms with Gasteiger partial charge in [-0.25, -0.2) is 0 Å². The molecule has 0 saturated heterocycles. The fraction of sp³-hybridized carbons (Fsp3) is 1.00. The van der Waals surface area contributed by atoms with E-state index >= 15 is 0 Å². The maximum Gasteiger partial charge on any atom is 0.299 e. The van der Waals surface area contributed by atoms with Gasteiger partial charge < -0.3 is 5.11 Å². The lowest BCUT2D eigenvalue weighted by molar-refractivity contribution is 0.287. The molecule has 0 aromatic heterocycles. The van der Waals surface area contributed by atoms with Crippen LogP contribution in [0.15, 0.2) is 0 Å². The van der Waals surface area contributed by atoms with Crippen molar-refractivity contribution in [3.8, 4) is 0 Å². The molecule has 0 aromatic rings. The molecule has 0 atom stereocenters. The van der Waals surface area contributed by atoms with Gasteiger partial charge >= 0.3 is 0 Å². The molecule has 4 nitrogen and oxygen atoms in total. The highest BCUT2D eigenvalue weighted by Crippen LogP contribution is 1.78. The standard InChI is InChI=1S/C4H10O.H2O3S/c1-2-3-4-5;1-4(2)3/h5H,2-4H2,1H3;(H2,1,2,3). The highest BCUT2D eigenvalue weighted by Gasteiger charge is 1.69. The summed E-state index contributed by atoms with van der Waals surface area (Å²) < 4.78 is 22.8. The molecule has 58 valence electrons. The number of hydrogen-bond acceptors (Lipinski definition) is 2. The van der Waals surface area contributed by atoms with Crippen LogP contribution in [-0.4, -0.2) is 25.0 Å². The highest BCUT2D eigenvalue weighted by atomic mass is 32.2. The molecule has 0 bridgehead atoms. The molecule has 0 radical (unpaired) electrons. The zero-order valence-electron chi connectivity index (χ0n) is 5.28. The normalized spacial score (nSPS) is 8.56. The SMILES string of the molecule is CCCCO.O=S(O)O. The zero-order valence-corrected chi connectivity index (χ0v) is 6.10. The Labute approximate surface area is 57.0 Å². The van der Waals surface area contributed by atoms with E-state index in [0.717, 1.165) is 12.8 Å². The van der Waals surface area contributed by atoms with Crippen LogP contribution >= 0.6 is 0 Å². The Kier molecular flexibility index (Phi) is 14.3. The third-order valence-corrected chi connectivity index (χ3v) is 0.512. The first-order chi connectivity index (χ1) is 4.15. The average molecular weight is 156 g/mol. The van der Waals surface area contributed by atoms with Gasteiger partial charge in [0.1, 0.15) is 0 Å². The molecule has 0 amide bonds. The molecule has 0 aliphatic heterocycles. The number of unbranched alkanes of at least 4 members (excludes halogenated alkanes) is 1. The van der Waals surface area contributed by atoms with Crippen molar-refractivity contribution in [2.24, 2.45) is 0 Å². The van der Waals surface area contributed by atoms with Gasteiger partial charge in [0.25, 0.3) is 11.4 Å². The fourth-order valence-electron chi connectivity index (χ4n) is 0.158. The fourth-order valence-corrected chi connectivity index (χ4v) is 0.158. The van der Waals surface area contributed by atoms with E-state index in [-0.39, 0.29) is 0 Å². The summed E-state index contributed by atoms with van der Waals surface area (Å²) in [6, 6.07) is 0. The second kappa shape index (κ2) is 10.9. The van der Waals surface area contributed by atoms with E-state index in [4.69, 9.17) is 18.4 Å². The van der Waals surface area contributed by atoms with Crippen LogP contribution in [-0.2, 0) is 11.4 Å². The third kappa shape index (κ3) is 70.9. The summed E-state index contributed by atoms with van der Waals surface area (Å²) in [5, 5.41) is 8.07. The quantitative estimate of drug-likeness (QED) is 0.507. The van der Waals surface area contributed by atoms with E-state index in [9.17, 15) is 0 Å². The predicted molar refractivity (Wildman–Crippen MR) is 35.4 cm³/mol. The van der Waals surface area contributed by atoms with Crippen molar-refractivity contribution >= 4 is 11.4 Å². The average Bonchev–Trinajstić information content (AvgIpc) is 1.66. The predicted octanol–water partition coefficient (Wildman–Crippen LogP) is 0.460. The van der Waals surface area contributed by atoms with Gasteiger partial charge in [-0.2, -0.15) is 4.21 Å². The van der Waals surface area contributed by atoms with Crippen molar-refractivity contribution in [2.75, 3.05) is 6.61 Å². The molecule has 0 spiro atoms. The van der Waals surface area contributed by atoms with Crippen LogP contribution in [0.5, 0.6) is 0 Å². The van der Waals surface area contributed by atoms with Crippen LogP contribution in [0.2, 0.25) is 0 Å². The number of rotatable bonds is 2. The molecular formula is C4H12O4S. The second-order valence-corrected chi connectivity index (χ2v) is 1.77. The second-order valence-electron chi connectivity index (χ2n) is 1.31. The Bertz CT molecular complexity index is 59.6. The van der Waals surface area contributed by atoms with Crippen LogP contribution in [0.3, 0.4) is 0 Å². The van der Waals surface area contributed by atoms with Gasteiger partial charge in [0.15, 0.2) is 0 Å². The molecule has 0 aliphatic carbocycles. The first-order valence-corrected chi connectivity index (χ1v) is 3.62. The lowest BCUT2D eigenvalue weighted by Gasteiger charge is -1.79.